The van der Waals surface area contributed by atoms with E-state index in [1.165, 1.54) is 0 Å². The van der Waals surface area contributed by atoms with E-state index in [4.69, 9.17) is 22.2 Å². The Kier molecular flexibility index (Phi) is 9.13. The van der Waals surface area contributed by atoms with Gasteiger partial charge in [0.1, 0.15) is 0 Å². The predicted octanol–water partition coefficient (Wildman–Crippen LogP) is 1.13. The van der Waals surface area contributed by atoms with Crippen molar-refractivity contribution in [3.8, 4) is 6.07 Å². The van der Waals surface area contributed by atoms with Gasteiger partial charge in [0.2, 0.25) is 0 Å². The molecule has 0 heterocycles. The van der Waals surface area contributed by atoms with Gasteiger partial charge >= 0.3 is 0 Å². The van der Waals surface area contributed by atoms with E-state index < -0.39 is 0 Å². The molecule has 0 saturated heterocycles. The highest BCUT2D eigenvalue weighted by molar-refractivity contribution is 7.80. The second kappa shape index (κ2) is 9.69. The molecule has 15 heavy (non-hydrogen) atoms. The fraction of sp³-hybridized carbons (Fsp3) is 0.800. The molecule has 4 nitrogen and oxygen atoms in total. The number of nitrogens with one attached hydrogen (secondary N) is 1. The molecule has 0 aliphatic heterocycles. The molecular weight excluding hydrogens is 210 g/mol. The molecule has 0 rings (SSSR count). The van der Waals surface area contributed by atoms with Gasteiger partial charge in [-0.2, -0.15) is 5.26 Å². The summed E-state index contributed by atoms with van der Waals surface area (Å²) >= 11 is 5.13. The van der Waals surface area contributed by atoms with E-state index in [9.17, 15) is 0 Å². The van der Waals surface area contributed by atoms with Gasteiger partial charge in [0.15, 0.2) is 5.11 Å². The molecule has 0 unspecified atom stereocenters. The maximum atomic E-state index is 8.41. The lowest BCUT2D eigenvalue weighted by molar-refractivity contribution is 0.145. The standard InChI is InChI=1S/C10H19N3OS/c1-3-14-9-5-7-12-10(15)13(2)8-4-6-11/h3-5,7-9H2,1-2H3,(H,12,15). The van der Waals surface area contributed by atoms with Crippen molar-refractivity contribution in [2.45, 2.75) is 19.8 Å². The molecule has 0 aromatic rings. The number of thiocarbonyl (C=S) groups is 1. The monoisotopic (exact) mass is 229 g/mol. The summed E-state index contributed by atoms with van der Waals surface area (Å²) < 4.78 is 5.20. The summed E-state index contributed by atoms with van der Waals surface area (Å²) in [7, 11) is 1.88. The van der Waals surface area contributed by atoms with E-state index in [1.54, 1.807) is 0 Å². The van der Waals surface area contributed by atoms with Gasteiger partial charge in [0.05, 0.1) is 12.5 Å². The van der Waals surface area contributed by atoms with Gasteiger partial charge in [-0.1, -0.05) is 0 Å². The molecule has 5 heteroatoms. The van der Waals surface area contributed by atoms with Crippen LogP contribution in [0.2, 0.25) is 0 Å². The van der Waals surface area contributed by atoms with E-state index in [1.807, 2.05) is 18.9 Å². The molecule has 0 radical (unpaired) electrons. The second-order valence-electron chi connectivity index (χ2n) is 3.11. The summed E-state index contributed by atoms with van der Waals surface area (Å²) in [6.45, 7) is 4.98. The van der Waals surface area contributed by atoms with Gasteiger partial charge in [0.25, 0.3) is 0 Å². The van der Waals surface area contributed by atoms with E-state index in [-0.39, 0.29) is 0 Å². The number of rotatable bonds is 7. The van der Waals surface area contributed by atoms with Crippen molar-refractivity contribution in [1.29, 1.82) is 5.26 Å². The number of hydrogen-bond donors (Lipinski definition) is 1. The highest BCUT2D eigenvalue weighted by Crippen LogP contribution is 1.89. The summed E-state index contributed by atoms with van der Waals surface area (Å²) in [5.41, 5.74) is 0. The molecule has 0 aliphatic rings. The van der Waals surface area contributed by atoms with E-state index >= 15 is 0 Å². The molecule has 0 atom stereocenters. The first-order valence-corrected chi connectivity index (χ1v) is 5.56. The SMILES string of the molecule is CCOCCCNC(=S)N(C)CCC#N. The first kappa shape index (κ1) is 14.1. The first-order valence-electron chi connectivity index (χ1n) is 5.16. The Morgan fingerprint density at radius 3 is 2.93 bits per heavy atom. The lowest BCUT2D eigenvalue weighted by Gasteiger charge is -2.19. The first-order chi connectivity index (χ1) is 7.22. The minimum absolute atomic E-state index is 0.497. The van der Waals surface area contributed by atoms with Crippen LogP contribution in [0.3, 0.4) is 0 Å². The van der Waals surface area contributed by atoms with Gasteiger partial charge in [-0.05, 0) is 25.6 Å². The Labute approximate surface area is 97.2 Å². The van der Waals surface area contributed by atoms with Crippen LogP contribution in [0.1, 0.15) is 19.8 Å². The zero-order chi connectivity index (χ0) is 11.5. The normalized spacial score (nSPS) is 9.40. The average molecular weight is 229 g/mol. The van der Waals surface area contributed by atoms with Crippen molar-refractivity contribution in [2.75, 3.05) is 33.4 Å². The van der Waals surface area contributed by atoms with E-state index in [0.717, 1.165) is 26.2 Å². The number of nitrogens with zero attached hydrogens (tertiary/aromatic N) is 2. The summed E-state index contributed by atoms with van der Waals surface area (Å²) in [5, 5.41) is 12.2. The third-order valence-corrected chi connectivity index (χ3v) is 2.31. The molecule has 86 valence electrons. The summed E-state index contributed by atoms with van der Waals surface area (Å²) in [6.07, 6.45) is 1.44. The topological polar surface area (TPSA) is 48.3 Å². The quantitative estimate of drug-likeness (QED) is 0.524. The maximum Gasteiger partial charge on any atom is 0.168 e. The lowest BCUT2D eigenvalue weighted by Crippen LogP contribution is -2.38. The van der Waals surface area contributed by atoms with Crippen molar-refractivity contribution >= 4 is 17.3 Å². The highest BCUT2D eigenvalue weighted by atomic mass is 32.1. The van der Waals surface area contributed by atoms with Crippen LogP contribution in [-0.2, 0) is 4.74 Å². The minimum Gasteiger partial charge on any atom is -0.382 e. The van der Waals surface area contributed by atoms with Gasteiger partial charge in [-0.15, -0.1) is 0 Å². The lowest BCUT2D eigenvalue weighted by atomic mass is 10.4. The van der Waals surface area contributed by atoms with Crippen molar-refractivity contribution in [2.24, 2.45) is 0 Å². The van der Waals surface area contributed by atoms with Crippen molar-refractivity contribution in [1.82, 2.24) is 10.2 Å². The van der Waals surface area contributed by atoms with E-state index in [2.05, 4.69) is 11.4 Å². The van der Waals surface area contributed by atoms with Crippen molar-refractivity contribution < 1.29 is 4.74 Å². The smallest absolute Gasteiger partial charge is 0.168 e. The zero-order valence-corrected chi connectivity index (χ0v) is 10.3. The van der Waals surface area contributed by atoms with Gasteiger partial charge in [0, 0.05) is 33.4 Å². The molecule has 0 fully saturated rings. The summed E-state index contributed by atoms with van der Waals surface area (Å²) in [6, 6.07) is 2.09. The van der Waals surface area contributed by atoms with Crippen LogP contribution in [0.15, 0.2) is 0 Å². The van der Waals surface area contributed by atoms with Crippen LogP contribution < -0.4 is 5.32 Å². The average Bonchev–Trinajstić information content (AvgIpc) is 2.25. The number of ether oxygens (including phenoxy) is 1. The third kappa shape index (κ3) is 8.16. The Hall–Kier alpha value is -0.860. The van der Waals surface area contributed by atoms with Crippen LogP contribution in [0, 0.1) is 11.3 Å². The highest BCUT2D eigenvalue weighted by Gasteiger charge is 2.01. The third-order valence-electron chi connectivity index (χ3n) is 1.85. The molecule has 0 aromatic carbocycles. The molecule has 0 aliphatic carbocycles. The number of nitriles is 1. The molecular formula is C10H19N3OS. The van der Waals surface area contributed by atoms with E-state index in [0.29, 0.717) is 18.1 Å². The fourth-order valence-electron chi connectivity index (χ4n) is 0.968. The van der Waals surface area contributed by atoms with Gasteiger partial charge < -0.3 is 15.0 Å². The second-order valence-corrected chi connectivity index (χ2v) is 3.50. The molecule has 0 bridgehead atoms. The van der Waals surface area contributed by atoms with Crippen LogP contribution in [0.25, 0.3) is 0 Å². The largest absolute Gasteiger partial charge is 0.382 e. The van der Waals surface area contributed by atoms with Crippen LogP contribution in [-0.4, -0.2) is 43.4 Å². The molecule has 0 spiro atoms. The maximum absolute atomic E-state index is 8.41. The Morgan fingerprint density at radius 1 is 1.60 bits per heavy atom. The summed E-state index contributed by atoms with van der Waals surface area (Å²) in [5.74, 6) is 0. The minimum atomic E-state index is 0.497. The predicted molar refractivity (Wildman–Crippen MR) is 64.6 cm³/mol. The number of hydrogen-bond acceptors (Lipinski definition) is 3. The Bertz CT molecular complexity index is 215. The van der Waals surface area contributed by atoms with Gasteiger partial charge in [-0.3, -0.25) is 0 Å². The van der Waals surface area contributed by atoms with Gasteiger partial charge in [-0.25, -0.2) is 0 Å². The van der Waals surface area contributed by atoms with Crippen molar-refractivity contribution in [3.05, 3.63) is 0 Å². The Balaban J connectivity index is 3.43. The van der Waals surface area contributed by atoms with Crippen LogP contribution in [0.5, 0.6) is 0 Å². The zero-order valence-electron chi connectivity index (χ0n) is 9.45. The molecule has 0 amide bonds. The molecule has 0 aromatic heterocycles. The molecule has 0 saturated carbocycles. The Morgan fingerprint density at radius 2 is 2.33 bits per heavy atom. The fourth-order valence-corrected chi connectivity index (χ4v) is 1.16. The van der Waals surface area contributed by atoms with Crippen LogP contribution >= 0.6 is 12.2 Å². The summed E-state index contributed by atoms with van der Waals surface area (Å²) in [4.78, 5) is 1.87. The van der Waals surface area contributed by atoms with Crippen molar-refractivity contribution in [3.63, 3.8) is 0 Å². The molecule has 1 N–H and O–H groups in total. The van der Waals surface area contributed by atoms with Crippen LogP contribution in [0.4, 0.5) is 0 Å².